The molecule has 1 aliphatic rings. The number of amides is 1. The van der Waals surface area contributed by atoms with Crippen molar-refractivity contribution in [1.29, 1.82) is 0 Å². The number of rotatable bonds is 5. The van der Waals surface area contributed by atoms with Crippen LogP contribution in [0, 0.1) is 0 Å². The van der Waals surface area contributed by atoms with E-state index in [1.165, 1.54) is 0 Å². The van der Waals surface area contributed by atoms with E-state index in [-0.39, 0.29) is 11.5 Å². The molecule has 1 atom stereocenters. The average Bonchev–Trinajstić information content (AvgIpc) is 2.52. The fraction of sp³-hybridized carbons (Fsp3) is 0.917. The quantitative estimate of drug-likeness (QED) is 0.714. The second kappa shape index (κ2) is 5.64. The highest BCUT2D eigenvalue weighted by Gasteiger charge is 2.30. The summed E-state index contributed by atoms with van der Waals surface area (Å²) in [6, 6.07) is 0. The van der Waals surface area contributed by atoms with Crippen LogP contribution in [-0.4, -0.2) is 49.7 Å². The summed E-state index contributed by atoms with van der Waals surface area (Å²) in [4.78, 5) is 12.9. The zero-order valence-electron chi connectivity index (χ0n) is 10.9. The Balaban J connectivity index is 2.06. The summed E-state index contributed by atoms with van der Waals surface area (Å²) in [5.74, 6) is 0.167. The van der Waals surface area contributed by atoms with E-state index in [2.05, 4.69) is 19.2 Å². The van der Waals surface area contributed by atoms with E-state index in [4.69, 9.17) is 4.74 Å². The molecule has 0 spiro atoms. The zero-order valence-corrected chi connectivity index (χ0v) is 10.9. The Kier molecular flexibility index (Phi) is 4.74. The Morgan fingerprint density at radius 2 is 2.19 bits per heavy atom. The second-order valence-corrected chi connectivity index (χ2v) is 5.28. The molecular weight excluding hydrogens is 204 g/mol. The maximum atomic E-state index is 11.3. The SMILES string of the molecule is CN(C)C(=O)CCNCC1CCC(C)(C)O1. The van der Waals surface area contributed by atoms with Gasteiger partial charge in [-0.25, -0.2) is 0 Å². The van der Waals surface area contributed by atoms with Crippen LogP contribution in [0.25, 0.3) is 0 Å². The van der Waals surface area contributed by atoms with Crippen LogP contribution in [-0.2, 0) is 9.53 Å². The number of hydrogen-bond donors (Lipinski definition) is 1. The minimum Gasteiger partial charge on any atom is -0.371 e. The van der Waals surface area contributed by atoms with Crippen molar-refractivity contribution in [3.63, 3.8) is 0 Å². The number of nitrogens with one attached hydrogen (secondary N) is 1. The Labute approximate surface area is 98.3 Å². The topological polar surface area (TPSA) is 41.6 Å². The third kappa shape index (κ3) is 4.49. The molecule has 94 valence electrons. The first-order chi connectivity index (χ1) is 7.41. The normalized spacial score (nSPS) is 23.4. The van der Waals surface area contributed by atoms with Crippen LogP contribution in [0.1, 0.15) is 33.1 Å². The molecule has 1 amide bonds. The van der Waals surface area contributed by atoms with Crippen molar-refractivity contribution in [2.24, 2.45) is 0 Å². The molecule has 1 aliphatic heterocycles. The molecule has 1 N–H and O–H groups in total. The number of hydrogen-bond acceptors (Lipinski definition) is 3. The van der Waals surface area contributed by atoms with Crippen molar-refractivity contribution >= 4 is 5.91 Å². The van der Waals surface area contributed by atoms with Crippen molar-refractivity contribution in [3.8, 4) is 0 Å². The van der Waals surface area contributed by atoms with Gasteiger partial charge < -0.3 is 15.0 Å². The van der Waals surface area contributed by atoms with E-state index in [9.17, 15) is 4.79 Å². The number of ether oxygens (including phenoxy) is 1. The van der Waals surface area contributed by atoms with E-state index < -0.39 is 0 Å². The lowest BCUT2D eigenvalue weighted by Gasteiger charge is -2.19. The Bertz CT molecular complexity index is 239. The van der Waals surface area contributed by atoms with Crippen LogP contribution in [0.4, 0.5) is 0 Å². The predicted octanol–water partition coefficient (Wildman–Crippen LogP) is 1.01. The van der Waals surface area contributed by atoms with Gasteiger partial charge >= 0.3 is 0 Å². The molecule has 0 radical (unpaired) electrons. The molecule has 0 bridgehead atoms. The maximum Gasteiger partial charge on any atom is 0.223 e. The van der Waals surface area contributed by atoms with Gasteiger partial charge in [-0.15, -0.1) is 0 Å². The molecule has 4 heteroatoms. The van der Waals surface area contributed by atoms with Crippen LogP contribution < -0.4 is 5.32 Å². The third-order valence-electron chi connectivity index (χ3n) is 2.94. The minimum absolute atomic E-state index is 0.0335. The molecule has 0 aromatic heterocycles. The largest absolute Gasteiger partial charge is 0.371 e. The summed E-state index contributed by atoms with van der Waals surface area (Å²) in [5.41, 5.74) is 0.0335. The lowest BCUT2D eigenvalue weighted by molar-refractivity contribution is -0.128. The van der Waals surface area contributed by atoms with E-state index in [1.54, 1.807) is 19.0 Å². The lowest BCUT2D eigenvalue weighted by Crippen LogP contribution is -2.32. The van der Waals surface area contributed by atoms with Crippen LogP contribution in [0.3, 0.4) is 0 Å². The van der Waals surface area contributed by atoms with Crippen LogP contribution in [0.5, 0.6) is 0 Å². The van der Waals surface area contributed by atoms with Crippen molar-refractivity contribution in [3.05, 3.63) is 0 Å². The van der Waals surface area contributed by atoms with Gasteiger partial charge in [0.2, 0.25) is 5.91 Å². The third-order valence-corrected chi connectivity index (χ3v) is 2.94. The maximum absolute atomic E-state index is 11.3. The summed E-state index contributed by atoms with van der Waals surface area (Å²) < 4.78 is 5.85. The van der Waals surface area contributed by atoms with Gasteiger partial charge in [-0.1, -0.05) is 0 Å². The van der Waals surface area contributed by atoms with Crippen LogP contribution in [0.15, 0.2) is 0 Å². The molecule has 0 aliphatic carbocycles. The molecule has 1 saturated heterocycles. The van der Waals surface area contributed by atoms with Crippen molar-refractivity contribution < 1.29 is 9.53 Å². The standard InChI is InChI=1S/C12H24N2O2/c1-12(2)7-5-10(16-12)9-13-8-6-11(15)14(3)4/h10,13H,5-9H2,1-4H3. The van der Waals surface area contributed by atoms with Gasteiger partial charge in [0.1, 0.15) is 0 Å². The van der Waals surface area contributed by atoms with Gasteiger partial charge in [0.05, 0.1) is 11.7 Å². The summed E-state index contributed by atoms with van der Waals surface area (Å²) >= 11 is 0. The van der Waals surface area contributed by atoms with E-state index >= 15 is 0 Å². The molecular formula is C12H24N2O2. The first-order valence-electron chi connectivity index (χ1n) is 5.99. The first kappa shape index (κ1) is 13.5. The molecule has 0 aromatic rings. The van der Waals surface area contributed by atoms with Gasteiger partial charge in [0.15, 0.2) is 0 Å². The smallest absolute Gasteiger partial charge is 0.223 e. The summed E-state index contributed by atoms with van der Waals surface area (Å²) in [5, 5.41) is 3.28. The van der Waals surface area contributed by atoms with Crippen LogP contribution in [0.2, 0.25) is 0 Å². The number of carbonyl (C=O) groups excluding carboxylic acids is 1. The fourth-order valence-electron chi connectivity index (χ4n) is 1.90. The summed E-state index contributed by atoms with van der Waals surface area (Å²) in [7, 11) is 3.57. The molecule has 16 heavy (non-hydrogen) atoms. The Morgan fingerprint density at radius 1 is 1.50 bits per heavy atom. The summed E-state index contributed by atoms with van der Waals surface area (Å²) in [6.07, 6.45) is 3.10. The Morgan fingerprint density at radius 3 is 2.69 bits per heavy atom. The first-order valence-corrected chi connectivity index (χ1v) is 5.99. The zero-order chi connectivity index (χ0) is 12.2. The minimum atomic E-state index is 0.0335. The summed E-state index contributed by atoms with van der Waals surface area (Å²) in [6.45, 7) is 5.84. The molecule has 1 rings (SSSR count). The molecule has 0 aromatic carbocycles. The van der Waals surface area contributed by atoms with Crippen molar-refractivity contribution in [1.82, 2.24) is 10.2 Å². The molecule has 1 heterocycles. The van der Waals surface area contributed by atoms with Gasteiger partial charge in [-0.05, 0) is 26.7 Å². The fourth-order valence-corrected chi connectivity index (χ4v) is 1.90. The second-order valence-electron chi connectivity index (χ2n) is 5.28. The van der Waals surface area contributed by atoms with Crippen molar-refractivity contribution in [2.45, 2.75) is 44.8 Å². The van der Waals surface area contributed by atoms with Crippen LogP contribution >= 0.6 is 0 Å². The highest BCUT2D eigenvalue weighted by Crippen LogP contribution is 2.28. The highest BCUT2D eigenvalue weighted by molar-refractivity contribution is 5.75. The van der Waals surface area contributed by atoms with Crippen molar-refractivity contribution in [2.75, 3.05) is 27.2 Å². The molecule has 0 saturated carbocycles. The predicted molar refractivity (Wildman–Crippen MR) is 64.4 cm³/mol. The van der Waals surface area contributed by atoms with Gasteiger partial charge in [-0.2, -0.15) is 0 Å². The highest BCUT2D eigenvalue weighted by atomic mass is 16.5. The molecule has 4 nitrogen and oxygen atoms in total. The van der Waals surface area contributed by atoms with Gasteiger partial charge in [0, 0.05) is 33.6 Å². The monoisotopic (exact) mass is 228 g/mol. The van der Waals surface area contributed by atoms with E-state index in [0.717, 1.165) is 25.9 Å². The molecule has 1 fully saturated rings. The van der Waals surface area contributed by atoms with E-state index in [0.29, 0.717) is 12.5 Å². The number of nitrogens with zero attached hydrogens (tertiary/aromatic N) is 1. The lowest BCUT2D eigenvalue weighted by atomic mass is 10.1. The average molecular weight is 228 g/mol. The van der Waals surface area contributed by atoms with E-state index in [1.807, 2.05) is 0 Å². The molecule has 1 unspecified atom stereocenters. The Hall–Kier alpha value is -0.610. The van der Waals surface area contributed by atoms with Gasteiger partial charge in [0.25, 0.3) is 0 Å². The number of carbonyl (C=O) groups is 1. The van der Waals surface area contributed by atoms with Gasteiger partial charge in [-0.3, -0.25) is 4.79 Å².